The Hall–Kier alpha value is -3.85. The van der Waals surface area contributed by atoms with Gasteiger partial charge in [-0.05, 0) is 57.9 Å². The largest absolute Gasteiger partial charge is 0.309 e. The zero-order chi connectivity index (χ0) is 23.1. The summed E-state index contributed by atoms with van der Waals surface area (Å²) in [6, 6.07) is 39.2. The highest BCUT2D eigenvalue weighted by Crippen LogP contribution is 2.46. The number of halogens is 1. The van der Waals surface area contributed by atoms with Gasteiger partial charge in [-0.2, -0.15) is 0 Å². The molecule has 164 valence electrons. The van der Waals surface area contributed by atoms with Gasteiger partial charge in [0.1, 0.15) is 0 Å². The fraction of sp³-hybridized carbons (Fsp3) is 0. The summed E-state index contributed by atoms with van der Waals surface area (Å²) in [5.41, 5.74) is 3.49. The van der Waals surface area contributed by atoms with Crippen LogP contribution in [0.4, 0.5) is 0 Å². The Labute approximate surface area is 210 Å². The van der Waals surface area contributed by atoms with E-state index in [9.17, 15) is 0 Å². The maximum Gasteiger partial charge on any atom is 0.0556 e. The molecule has 8 rings (SSSR count). The first-order chi connectivity index (χ1) is 17.3. The standard InChI is InChI=1S/C32H18ClNS/c33-21-13-14-24-27(18-21)34(22-7-2-1-3-8-22)26-16-15-25-31-28(35-32(25)30(24)26)17-12-20-11-10-19-6-4-5-9-23(19)29(20)31/h1-18H. The van der Waals surface area contributed by atoms with E-state index < -0.39 is 0 Å². The third-order valence-electron chi connectivity index (χ3n) is 7.21. The van der Waals surface area contributed by atoms with Crippen LogP contribution >= 0.6 is 22.9 Å². The Balaban J connectivity index is 1.62. The normalized spacial score (nSPS) is 12.1. The van der Waals surface area contributed by atoms with E-state index in [1.54, 1.807) is 0 Å². The summed E-state index contributed by atoms with van der Waals surface area (Å²) in [6.07, 6.45) is 0. The molecule has 0 radical (unpaired) electrons. The van der Waals surface area contributed by atoms with Gasteiger partial charge in [-0.1, -0.05) is 84.4 Å². The predicted octanol–water partition coefficient (Wildman–Crippen LogP) is 10.1. The molecule has 0 atom stereocenters. The molecule has 0 amide bonds. The molecule has 0 aliphatic carbocycles. The first-order valence-electron chi connectivity index (χ1n) is 11.7. The molecule has 0 bridgehead atoms. The van der Waals surface area contributed by atoms with Crippen molar-refractivity contribution in [1.29, 1.82) is 0 Å². The number of aromatic nitrogens is 1. The van der Waals surface area contributed by atoms with E-state index in [4.69, 9.17) is 11.6 Å². The fourth-order valence-corrected chi connectivity index (χ4v) is 7.18. The van der Waals surface area contributed by atoms with Crippen LogP contribution in [-0.2, 0) is 0 Å². The van der Waals surface area contributed by atoms with Crippen LogP contribution in [0.25, 0.3) is 69.2 Å². The van der Waals surface area contributed by atoms with E-state index in [2.05, 4.69) is 108 Å². The van der Waals surface area contributed by atoms with Crippen molar-refractivity contribution in [3.8, 4) is 5.69 Å². The zero-order valence-corrected chi connectivity index (χ0v) is 20.2. The average Bonchev–Trinajstić information content (AvgIpc) is 3.44. The molecule has 0 saturated carbocycles. The second kappa shape index (κ2) is 7.08. The number of rotatable bonds is 1. The molecule has 0 saturated heterocycles. The second-order valence-electron chi connectivity index (χ2n) is 9.09. The van der Waals surface area contributed by atoms with Crippen LogP contribution in [0.15, 0.2) is 109 Å². The maximum absolute atomic E-state index is 6.50. The summed E-state index contributed by atoms with van der Waals surface area (Å²) in [5.74, 6) is 0. The number of para-hydroxylation sites is 1. The zero-order valence-electron chi connectivity index (χ0n) is 18.6. The molecule has 1 nitrogen and oxygen atoms in total. The van der Waals surface area contributed by atoms with Gasteiger partial charge < -0.3 is 4.57 Å². The SMILES string of the molecule is Clc1ccc2c3c4sc5ccc6ccc7ccccc7c6c5c4ccc3n(-c3ccccc3)c2c1. The lowest BCUT2D eigenvalue weighted by molar-refractivity contribution is 1.18. The van der Waals surface area contributed by atoms with E-state index in [-0.39, 0.29) is 0 Å². The Kier molecular flexibility index (Phi) is 3.94. The molecule has 2 heterocycles. The van der Waals surface area contributed by atoms with Gasteiger partial charge >= 0.3 is 0 Å². The van der Waals surface area contributed by atoms with Crippen LogP contribution in [-0.4, -0.2) is 4.57 Å². The van der Waals surface area contributed by atoms with Crippen LogP contribution < -0.4 is 0 Å². The Bertz CT molecular complexity index is 2120. The van der Waals surface area contributed by atoms with Crippen molar-refractivity contribution >= 4 is 86.5 Å². The van der Waals surface area contributed by atoms with Crippen molar-refractivity contribution in [2.75, 3.05) is 0 Å². The van der Waals surface area contributed by atoms with Crippen LogP contribution in [0.1, 0.15) is 0 Å². The van der Waals surface area contributed by atoms with Gasteiger partial charge in [-0.15, -0.1) is 11.3 Å². The van der Waals surface area contributed by atoms with Gasteiger partial charge in [-0.3, -0.25) is 0 Å². The number of benzene rings is 6. The van der Waals surface area contributed by atoms with E-state index in [1.165, 1.54) is 58.0 Å². The lowest BCUT2D eigenvalue weighted by Crippen LogP contribution is -1.92. The van der Waals surface area contributed by atoms with Crippen molar-refractivity contribution in [3.63, 3.8) is 0 Å². The van der Waals surface area contributed by atoms with E-state index >= 15 is 0 Å². The number of thiophene rings is 1. The minimum Gasteiger partial charge on any atom is -0.309 e. The third kappa shape index (κ3) is 2.64. The van der Waals surface area contributed by atoms with Crippen LogP contribution in [0.5, 0.6) is 0 Å². The van der Waals surface area contributed by atoms with Gasteiger partial charge in [0.25, 0.3) is 0 Å². The first kappa shape index (κ1) is 19.5. The van der Waals surface area contributed by atoms with Gasteiger partial charge in [0.2, 0.25) is 0 Å². The number of nitrogens with zero attached hydrogens (tertiary/aromatic N) is 1. The molecule has 3 heteroatoms. The maximum atomic E-state index is 6.50. The lowest BCUT2D eigenvalue weighted by Gasteiger charge is -2.08. The van der Waals surface area contributed by atoms with E-state index in [1.807, 2.05) is 17.4 Å². The number of fused-ring (bicyclic) bond motifs is 11. The van der Waals surface area contributed by atoms with Crippen molar-refractivity contribution in [1.82, 2.24) is 4.57 Å². The molecular formula is C32H18ClNS. The molecule has 0 aliphatic heterocycles. The van der Waals surface area contributed by atoms with Crippen LogP contribution in [0.2, 0.25) is 5.02 Å². The molecule has 2 aromatic heterocycles. The second-order valence-corrected chi connectivity index (χ2v) is 10.6. The smallest absolute Gasteiger partial charge is 0.0556 e. The Morgan fingerprint density at radius 1 is 0.543 bits per heavy atom. The van der Waals surface area contributed by atoms with Gasteiger partial charge in [-0.25, -0.2) is 0 Å². The summed E-state index contributed by atoms with van der Waals surface area (Å²) in [5, 5.41) is 11.2. The van der Waals surface area contributed by atoms with Gasteiger partial charge in [0.15, 0.2) is 0 Å². The lowest BCUT2D eigenvalue weighted by atomic mass is 9.97. The Morgan fingerprint density at radius 2 is 1.31 bits per heavy atom. The molecule has 0 spiro atoms. The van der Waals surface area contributed by atoms with Crippen molar-refractivity contribution in [2.45, 2.75) is 0 Å². The van der Waals surface area contributed by atoms with Crippen molar-refractivity contribution < 1.29 is 0 Å². The minimum atomic E-state index is 0.752. The molecular weight excluding hydrogens is 466 g/mol. The first-order valence-corrected chi connectivity index (χ1v) is 12.9. The number of hydrogen-bond acceptors (Lipinski definition) is 1. The highest BCUT2D eigenvalue weighted by Gasteiger charge is 2.19. The van der Waals surface area contributed by atoms with Crippen LogP contribution in [0, 0.1) is 0 Å². The molecule has 0 unspecified atom stereocenters. The summed E-state index contributed by atoms with van der Waals surface area (Å²) >= 11 is 8.39. The quantitative estimate of drug-likeness (QED) is 0.205. The minimum absolute atomic E-state index is 0.752. The van der Waals surface area contributed by atoms with Gasteiger partial charge in [0, 0.05) is 41.7 Å². The predicted molar refractivity (Wildman–Crippen MR) is 154 cm³/mol. The number of hydrogen-bond donors (Lipinski definition) is 0. The van der Waals surface area contributed by atoms with Crippen LogP contribution in [0.3, 0.4) is 0 Å². The highest BCUT2D eigenvalue weighted by molar-refractivity contribution is 7.27. The van der Waals surface area contributed by atoms with E-state index in [0.717, 1.165) is 16.2 Å². The molecule has 0 fully saturated rings. The van der Waals surface area contributed by atoms with Crippen molar-refractivity contribution in [3.05, 3.63) is 114 Å². The van der Waals surface area contributed by atoms with Gasteiger partial charge in [0.05, 0.1) is 11.0 Å². The molecule has 8 aromatic rings. The summed E-state index contributed by atoms with van der Waals surface area (Å²) in [4.78, 5) is 0. The summed E-state index contributed by atoms with van der Waals surface area (Å²) in [6.45, 7) is 0. The summed E-state index contributed by atoms with van der Waals surface area (Å²) < 4.78 is 5.00. The molecule has 35 heavy (non-hydrogen) atoms. The molecule has 0 N–H and O–H groups in total. The summed E-state index contributed by atoms with van der Waals surface area (Å²) in [7, 11) is 0. The highest BCUT2D eigenvalue weighted by atomic mass is 35.5. The molecule has 6 aromatic carbocycles. The average molecular weight is 484 g/mol. The monoisotopic (exact) mass is 483 g/mol. The topological polar surface area (TPSA) is 4.93 Å². The van der Waals surface area contributed by atoms with Crippen molar-refractivity contribution in [2.24, 2.45) is 0 Å². The molecule has 0 aliphatic rings. The fourth-order valence-electron chi connectivity index (χ4n) is 5.75. The Morgan fingerprint density at radius 3 is 2.23 bits per heavy atom. The van der Waals surface area contributed by atoms with E-state index in [0.29, 0.717) is 0 Å². The third-order valence-corrected chi connectivity index (χ3v) is 8.64.